The molecule has 0 aliphatic carbocycles. The fourth-order valence-electron chi connectivity index (χ4n) is 2.95. The number of benzene rings is 3. The minimum atomic E-state index is -0.349. The van der Waals surface area contributed by atoms with E-state index in [4.69, 9.17) is 4.42 Å². The van der Waals surface area contributed by atoms with Crippen LogP contribution in [0.5, 0.6) is 0 Å². The summed E-state index contributed by atoms with van der Waals surface area (Å²) >= 11 is 0. The van der Waals surface area contributed by atoms with Gasteiger partial charge < -0.3 is 15.1 Å². The van der Waals surface area contributed by atoms with Crippen LogP contribution in [-0.2, 0) is 0 Å². The number of anilines is 2. The first-order valence-electron chi connectivity index (χ1n) is 8.86. The summed E-state index contributed by atoms with van der Waals surface area (Å²) in [5.74, 6) is -0.321. The molecule has 0 atom stereocenters. The Labute approximate surface area is 162 Å². The van der Waals surface area contributed by atoms with E-state index in [1.807, 2.05) is 49.4 Å². The third kappa shape index (κ3) is 3.78. The lowest BCUT2D eigenvalue weighted by atomic mass is 10.1. The van der Waals surface area contributed by atoms with E-state index in [9.17, 15) is 9.59 Å². The molecule has 3 aromatic carbocycles. The molecule has 4 aromatic rings. The van der Waals surface area contributed by atoms with Gasteiger partial charge in [0.1, 0.15) is 5.58 Å². The first-order valence-corrected chi connectivity index (χ1v) is 8.86. The monoisotopic (exact) mass is 370 g/mol. The fraction of sp³-hybridized carbons (Fsp3) is 0.0435. The molecule has 0 bridgehead atoms. The molecule has 0 saturated carbocycles. The molecule has 0 unspecified atom stereocenters. The lowest BCUT2D eigenvalue weighted by Gasteiger charge is -2.08. The highest BCUT2D eigenvalue weighted by Crippen LogP contribution is 2.21. The van der Waals surface area contributed by atoms with Crippen LogP contribution in [0.15, 0.2) is 83.3 Å². The van der Waals surface area contributed by atoms with Gasteiger partial charge in [-0.3, -0.25) is 9.59 Å². The molecule has 2 N–H and O–H groups in total. The van der Waals surface area contributed by atoms with E-state index in [0.717, 1.165) is 10.9 Å². The van der Waals surface area contributed by atoms with Crippen molar-refractivity contribution in [1.29, 1.82) is 0 Å². The van der Waals surface area contributed by atoms with Crippen molar-refractivity contribution in [1.82, 2.24) is 0 Å². The van der Waals surface area contributed by atoms with Gasteiger partial charge in [0.2, 0.25) is 0 Å². The zero-order chi connectivity index (χ0) is 19.5. The second-order valence-corrected chi connectivity index (χ2v) is 6.51. The highest BCUT2D eigenvalue weighted by atomic mass is 16.3. The number of furan rings is 1. The van der Waals surface area contributed by atoms with Gasteiger partial charge in [-0.05, 0) is 49.4 Å². The number of fused-ring (bicyclic) bond motifs is 1. The minimum absolute atomic E-state index is 0.204. The maximum Gasteiger partial charge on any atom is 0.291 e. The quantitative estimate of drug-likeness (QED) is 0.516. The molecule has 0 aliphatic rings. The molecule has 2 amide bonds. The number of carbonyl (C=O) groups is 2. The highest BCUT2D eigenvalue weighted by molar-refractivity contribution is 6.06. The number of carbonyl (C=O) groups excluding carboxylic acids is 2. The van der Waals surface area contributed by atoms with Gasteiger partial charge >= 0.3 is 0 Å². The lowest BCUT2D eigenvalue weighted by Crippen LogP contribution is -2.13. The molecule has 138 valence electrons. The molecule has 28 heavy (non-hydrogen) atoms. The van der Waals surface area contributed by atoms with E-state index in [-0.39, 0.29) is 17.6 Å². The van der Waals surface area contributed by atoms with Crippen molar-refractivity contribution >= 4 is 34.2 Å². The average molecular weight is 370 g/mol. The Hall–Kier alpha value is -3.86. The van der Waals surface area contributed by atoms with Crippen LogP contribution in [0.1, 0.15) is 26.5 Å². The SMILES string of the molecule is Cc1cccc(C(=O)Nc2cccc(NC(=O)c3cc4ccccc4o3)c2)c1. The number of rotatable bonds is 4. The van der Waals surface area contributed by atoms with Gasteiger partial charge in [-0.2, -0.15) is 0 Å². The molecule has 1 aromatic heterocycles. The van der Waals surface area contributed by atoms with Crippen LogP contribution in [-0.4, -0.2) is 11.8 Å². The number of nitrogens with one attached hydrogen (secondary N) is 2. The second-order valence-electron chi connectivity index (χ2n) is 6.51. The Morgan fingerprint density at radius 2 is 1.46 bits per heavy atom. The van der Waals surface area contributed by atoms with Crippen LogP contribution >= 0.6 is 0 Å². The number of amides is 2. The third-order valence-corrected chi connectivity index (χ3v) is 4.31. The zero-order valence-electron chi connectivity index (χ0n) is 15.2. The van der Waals surface area contributed by atoms with Crippen LogP contribution in [0.25, 0.3) is 11.0 Å². The molecule has 5 heteroatoms. The normalized spacial score (nSPS) is 10.6. The van der Waals surface area contributed by atoms with Crippen molar-refractivity contribution in [2.45, 2.75) is 6.92 Å². The molecule has 0 spiro atoms. The van der Waals surface area contributed by atoms with E-state index < -0.39 is 0 Å². The largest absolute Gasteiger partial charge is 0.451 e. The maximum atomic E-state index is 12.5. The Balaban J connectivity index is 1.49. The zero-order valence-corrected chi connectivity index (χ0v) is 15.2. The summed E-state index contributed by atoms with van der Waals surface area (Å²) in [6.07, 6.45) is 0. The molecule has 0 aliphatic heterocycles. The van der Waals surface area contributed by atoms with Crippen molar-refractivity contribution in [3.63, 3.8) is 0 Å². The molecule has 0 radical (unpaired) electrons. The Morgan fingerprint density at radius 1 is 0.750 bits per heavy atom. The van der Waals surface area contributed by atoms with Gasteiger partial charge in [0.15, 0.2) is 5.76 Å². The van der Waals surface area contributed by atoms with Crippen molar-refractivity contribution in [2.75, 3.05) is 10.6 Å². The van der Waals surface area contributed by atoms with Crippen LogP contribution in [0.4, 0.5) is 11.4 Å². The van der Waals surface area contributed by atoms with Crippen molar-refractivity contribution in [2.24, 2.45) is 0 Å². The van der Waals surface area contributed by atoms with Crippen LogP contribution < -0.4 is 10.6 Å². The van der Waals surface area contributed by atoms with Crippen molar-refractivity contribution < 1.29 is 14.0 Å². The van der Waals surface area contributed by atoms with Gasteiger partial charge in [0.05, 0.1) is 0 Å². The van der Waals surface area contributed by atoms with E-state index in [0.29, 0.717) is 22.5 Å². The van der Waals surface area contributed by atoms with Gasteiger partial charge in [-0.1, -0.05) is 42.0 Å². The average Bonchev–Trinajstić information content (AvgIpc) is 3.13. The van der Waals surface area contributed by atoms with Crippen LogP contribution in [0.2, 0.25) is 0 Å². The summed E-state index contributed by atoms with van der Waals surface area (Å²) in [6.45, 7) is 1.94. The van der Waals surface area contributed by atoms with E-state index in [1.54, 1.807) is 36.4 Å². The number of hydrogen-bond acceptors (Lipinski definition) is 3. The summed E-state index contributed by atoms with van der Waals surface area (Å²) in [4.78, 5) is 24.9. The summed E-state index contributed by atoms with van der Waals surface area (Å²) < 4.78 is 5.58. The lowest BCUT2D eigenvalue weighted by molar-refractivity contribution is 0.0997. The Kier molecular flexibility index (Phi) is 4.64. The smallest absolute Gasteiger partial charge is 0.291 e. The third-order valence-electron chi connectivity index (χ3n) is 4.31. The van der Waals surface area contributed by atoms with Crippen molar-refractivity contribution in [3.05, 3.63) is 95.7 Å². The highest BCUT2D eigenvalue weighted by Gasteiger charge is 2.13. The predicted molar refractivity (Wildman–Crippen MR) is 110 cm³/mol. The topological polar surface area (TPSA) is 71.3 Å². The summed E-state index contributed by atoms with van der Waals surface area (Å²) in [5, 5.41) is 6.51. The molecular formula is C23H18N2O3. The Morgan fingerprint density at radius 3 is 2.21 bits per heavy atom. The Bertz CT molecular complexity index is 1140. The molecule has 1 heterocycles. The van der Waals surface area contributed by atoms with E-state index in [2.05, 4.69) is 10.6 Å². The van der Waals surface area contributed by atoms with Crippen LogP contribution in [0, 0.1) is 6.92 Å². The first kappa shape index (κ1) is 17.5. The standard InChI is InChI=1S/C23H18N2O3/c1-15-6-4-8-17(12-15)22(26)24-18-9-5-10-19(14-18)25-23(27)21-13-16-7-2-3-11-20(16)28-21/h2-14H,1H3,(H,24,26)(H,25,27). The van der Waals surface area contributed by atoms with Gasteiger partial charge in [-0.25, -0.2) is 0 Å². The van der Waals surface area contributed by atoms with E-state index >= 15 is 0 Å². The van der Waals surface area contributed by atoms with Crippen molar-refractivity contribution in [3.8, 4) is 0 Å². The molecule has 5 nitrogen and oxygen atoms in total. The van der Waals surface area contributed by atoms with E-state index in [1.165, 1.54) is 0 Å². The van der Waals surface area contributed by atoms with Gasteiger partial charge in [0.25, 0.3) is 11.8 Å². The molecule has 4 rings (SSSR count). The summed E-state index contributed by atoms with van der Waals surface area (Å²) in [7, 11) is 0. The summed E-state index contributed by atoms with van der Waals surface area (Å²) in [5.41, 5.74) is 3.41. The molecule has 0 saturated heterocycles. The molecule has 0 fully saturated rings. The molecular weight excluding hydrogens is 352 g/mol. The number of aryl methyl sites for hydroxylation is 1. The van der Waals surface area contributed by atoms with Gasteiger partial charge in [0, 0.05) is 22.3 Å². The van der Waals surface area contributed by atoms with Gasteiger partial charge in [-0.15, -0.1) is 0 Å². The second kappa shape index (κ2) is 7.40. The maximum absolute atomic E-state index is 12.5. The first-order chi connectivity index (χ1) is 13.6. The number of hydrogen-bond donors (Lipinski definition) is 2. The fourth-order valence-corrected chi connectivity index (χ4v) is 2.95. The minimum Gasteiger partial charge on any atom is -0.451 e. The van der Waals surface area contributed by atoms with Crippen LogP contribution in [0.3, 0.4) is 0 Å². The summed E-state index contributed by atoms with van der Waals surface area (Å²) in [6, 6.07) is 23.5. The predicted octanol–water partition coefficient (Wildman–Crippen LogP) is 5.25. The number of para-hydroxylation sites is 1.